The van der Waals surface area contributed by atoms with Crippen LogP contribution < -0.4 is 34.6 Å². The lowest BCUT2D eigenvalue weighted by atomic mass is 9.73. The van der Waals surface area contributed by atoms with Gasteiger partial charge >= 0.3 is 11.9 Å². The number of benzene rings is 4. The molecule has 0 unspecified atom stereocenters. The molecule has 6 N–H and O–H groups in total. The molecule has 0 aliphatic carbocycles. The number of carbonyl (C=O) groups excluding carboxylic acids is 2. The molecule has 2 fully saturated rings. The number of piperazine rings is 1. The Morgan fingerprint density at radius 2 is 1.73 bits per heavy atom. The van der Waals surface area contributed by atoms with E-state index in [4.69, 9.17) is 28.4 Å². The molecule has 352 valence electrons. The van der Waals surface area contributed by atoms with Gasteiger partial charge in [0.15, 0.2) is 40.0 Å². The number of aryl methyl sites for hydroxylation is 2. The fourth-order valence-electron chi connectivity index (χ4n) is 11.3. The molecule has 0 amide bonds. The van der Waals surface area contributed by atoms with Crippen molar-refractivity contribution in [1.82, 2.24) is 25.1 Å². The number of para-hydroxylation sites is 1. The van der Waals surface area contributed by atoms with Gasteiger partial charge < -0.3 is 53.8 Å². The number of phenolic OH excluding ortho intramolecular Hbond substituents is 3. The van der Waals surface area contributed by atoms with Crippen molar-refractivity contribution in [2.24, 2.45) is 0 Å². The first-order chi connectivity index (χ1) is 32.1. The lowest BCUT2D eigenvalue weighted by Gasteiger charge is -2.62. The van der Waals surface area contributed by atoms with Crippen LogP contribution in [0.5, 0.6) is 46.0 Å². The van der Waals surface area contributed by atoms with Crippen LogP contribution in [0.4, 0.5) is 0 Å². The molecule has 0 saturated carbocycles. The highest BCUT2D eigenvalue weighted by molar-refractivity contribution is 7.99. The summed E-state index contributed by atoms with van der Waals surface area (Å²) in [5.74, 6) is 1.48. The number of aliphatic hydroxyl groups is 1. The number of esters is 2. The van der Waals surface area contributed by atoms with Crippen molar-refractivity contribution in [1.29, 1.82) is 0 Å². The van der Waals surface area contributed by atoms with Gasteiger partial charge in [0.2, 0.25) is 6.79 Å². The van der Waals surface area contributed by atoms with Gasteiger partial charge in [-0.05, 0) is 87.2 Å². The summed E-state index contributed by atoms with van der Waals surface area (Å²) in [6.45, 7) is 6.93. The summed E-state index contributed by atoms with van der Waals surface area (Å²) in [7, 11) is 4.96. The number of fused-ring (bicyclic) bond motifs is 10. The highest BCUT2D eigenvalue weighted by Gasteiger charge is 2.61. The maximum Gasteiger partial charge on any atom is 0.331 e. The predicted molar refractivity (Wildman–Crippen MR) is 243 cm³/mol. The largest absolute Gasteiger partial charge is 0.506 e. The average molecular weight is 938 g/mol. The SMILES string of the molecule is COc1cc2c(cc1O)CCN[C@]21CS[C@H]2c3c(OC(C)=O)c(C)c4c(c3[C@H](COC1=O)N1[C@@H]2[C@H]2c3c(cc(C)c(OC)c3O)C[C@@H]([C@@H]1O)N2C)OCO4.Cc1nc2c(O)cccc2c(=O)[nH]1. The molecule has 4 bridgehead atoms. The van der Waals surface area contributed by atoms with Crippen LogP contribution in [0.15, 0.2) is 41.2 Å². The number of carbonyl (C=O) groups is 2. The molecule has 18 nitrogen and oxygen atoms in total. The molecular formula is C48H51N5O13S. The zero-order chi connectivity index (χ0) is 47.4. The van der Waals surface area contributed by atoms with Crippen LogP contribution in [0.3, 0.4) is 0 Å². The van der Waals surface area contributed by atoms with Crippen LogP contribution in [0.25, 0.3) is 10.9 Å². The number of hydrogen-bond acceptors (Lipinski definition) is 18. The minimum absolute atomic E-state index is 0.0226. The number of rotatable bonds is 3. The van der Waals surface area contributed by atoms with Crippen LogP contribution in [0, 0.1) is 20.8 Å². The van der Waals surface area contributed by atoms with E-state index in [1.165, 1.54) is 39.0 Å². The number of thioether (sulfide) groups is 1. The lowest BCUT2D eigenvalue weighted by molar-refractivity contribution is -0.186. The third-order valence-corrected chi connectivity index (χ3v) is 15.6. The second kappa shape index (κ2) is 16.5. The van der Waals surface area contributed by atoms with Gasteiger partial charge in [0.05, 0.1) is 43.0 Å². The van der Waals surface area contributed by atoms with E-state index in [0.717, 1.165) is 16.7 Å². The number of H-pyrrole nitrogens is 1. The Morgan fingerprint density at radius 3 is 2.48 bits per heavy atom. The summed E-state index contributed by atoms with van der Waals surface area (Å²) < 4.78 is 35.9. The topological polar surface area (TPSA) is 235 Å². The molecule has 7 aliphatic rings. The van der Waals surface area contributed by atoms with Gasteiger partial charge in [0, 0.05) is 47.5 Å². The third-order valence-electron chi connectivity index (χ3n) is 14.1. The summed E-state index contributed by atoms with van der Waals surface area (Å²) in [5.41, 5.74) is 4.48. The molecule has 5 aromatic rings. The van der Waals surface area contributed by atoms with Crippen molar-refractivity contribution in [3.05, 3.63) is 97.1 Å². The Labute approximate surface area is 388 Å². The Kier molecular flexibility index (Phi) is 11.0. The number of phenols is 3. The van der Waals surface area contributed by atoms with E-state index in [9.17, 15) is 34.8 Å². The van der Waals surface area contributed by atoms with Gasteiger partial charge in [-0.15, -0.1) is 11.8 Å². The number of nitrogens with zero attached hydrogens (tertiary/aromatic N) is 3. The first-order valence-electron chi connectivity index (χ1n) is 21.9. The average Bonchev–Trinajstić information content (AvgIpc) is 3.79. The molecule has 67 heavy (non-hydrogen) atoms. The van der Waals surface area contributed by atoms with Gasteiger partial charge in [-0.25, -0.2) is 9.78 Å². The highest BCUT2D eigenvalue weighted by Crippen LogP contribution is 2.64. The first-order valence-corrected chi connectivity index (χ1v) is 23.0. The number of ether oxygens (including phenoxy) is 6. The zero-order valence-electron chi connectivity index (χ0n) is 37.9. The molecule has 4 aromatic carbocycles. The molecule has 1 spiro atoms. The van der Waals surface area contributed by atoms with Gasteiger partial charge in [0.25, 0.3) is 5.56 Å². The van der Waals surface area contributed by atoms with E-state index in [1.54, 1.807) is 31.2 Å². The molecule has 2 saturated heterocycles. The van der Waals surface area contributed by atoms with Crippen molar-refractivity contribution >= 4 is 34.6 Å². The monoisotopic (exact) mass is 937 g/mol. The Bertz CT molecular complexity index is 2960. The molecule has 8 heterocycles. The van der Waals surface area contributed by atoms with E-state index in [-0.39, 0.29) is 53.8 Å². The molecule has 12 rings (SSSR count). The zero-order valence-corrected chi connectivity index (χ0v) is 38.7. The Morgan fingerprint density at radius 1 is 0.955 bits per heavy atom. The van der Waals surface area contributed by atoms with E-state index in [0.29, 0.717) is 86.9 Å². The first kappa shape index (κ1) is 44.6. The van der Waals surface area contributed by atoms with Gasteiger partial charge in [0.1, 0.15) is 35.7 Å². The Hall–Kier alpha value is -6.25. The van der Waals surface area contributed by atoms with Crippen molar-refractivity contribution in [2.45, 2.75) is 81.7 Å². The van der Waals surface area contributed by atoms with Crippen LogP contribution in [0.1, 0.15) is 74.6 Å². The lowest BCUT2D eigenvalue weighted by Crippen LogP contribution is -2.70. The smallest absolute Gasteiger partial charge is 0.331 e. The molecule has 7 atom stereocenters. The quantitative estimate of drug-likeness (QED) is 0.109. The second-order valence-corrected chi connectivity index (χ2v) is 18.9. The molecule has 7 aliphatic heterocycles. The molecular weight excluding hydrogens is 887 g/mol. The van der Waals surface area contributed by atoms with Crippen molar-refractivity contribution in [3.63, 3.8) is 0 Å². The number of methoxy groups -OCH3 is 2. The molecule has 0 radical (unpaired) electrons. The number of hydrogen-bond donors (Lipinski definition) is 6. The summed E-state index contributed by atoms with van der Waals surface area (Å²) >= 11 is 1.47. The highest BCUT2D eigenvalue weighted by atomic mass is 32.2. The predicted octanol–water partition coefficient (Wildman–Crippen LogP) is 4.35. The maximum absolute atomic E-state index is 14.7. The normalized spacial score (nSPS) is 25.8. The fraction of sp³-hybridized carbons (Fsp3) is 0.417. The van der Waals surface area contributed by atoms with Gasteiger partial charge in [-0.1, -0.05) is 12.1 Å². The summed E-state index contributed by atoms with van der Waals surface area (Å²) in [6, 6.07) is 7.88. The molecule has 1 aromatic heterocycles. The van der Waals surface area contributed by atoms with E-state index in [2.05, 4.69) is 20.2 Å². The van der Waals surface area contributed by atoms with E-state index >= 15 is 0 Å². The maximum atomic E-state index is 14.7. The number of aromatic nitrogens is 2. The van der Waals surface area contributed by atoms with Crippen molar-refractivity contribution in [2.75, 3.05) is 47.0 Å². The van der Waals surface area contributed by atoms with Gasteiger partial charge in [-0.2, -0.15) is 0 Å². The second-order valence-electron chi connectivity index (χ2n) is 17.8. The van der Waals surface area contributed by atoms with Crippen molar-refractivity contribution < 1.29 is 58.4 Å². The minimum Gasteiger partial charge on any atom is -0.506 e. The van der Waals surface area contributed by atoms with Crippen LogP contribution in [-0.2, 0) is 32.7 Å². The molecule has 19 heteroatoms. The van der Waals surface area contributed by atoms with E-state index in [1.807, 2.05) is 31.9 Å². The summed E-state index contributed by atoms with van der Waals surface area (Å²) in [6.07, 6.45) is -0.0282. The fourth-order valence-corrected chi connectivity index (χ4v) is 12.9. The number of aromatic amines is 1. The number of nitrogens with one attached hydrogen (secondary N) is 2. The van der Waals surface area contributed by atoms with Crippen molar-refractivity contribution in [3.8, 4) is 46.0 Å². The van der Waals surface area contributed by atoms with Crippen LogP contribution in [0.2, 0.25) is 0 Å². The third kappa shape index (κ3) is 6.76. The summed E-state index contributed by atoms with van der Waals surface area (Å²) in [4.78, 5) is 49.6. The number of aromatic hydroxyl groups is 3. The number of aliphatic hydroxyl groups excluding tert-OH is 1. The standard InChI is InChI=1S/C39H43N3O11S.C9H8N2O2/c1-16-9-20-10-22-37(46)42-23-13-50-38(47)39(21-12-25(48-5)24(44)11-19(21)7-8-40-39)14-54-36(30(42)29(41(22)4)26(20)31(45)32(16)49-6)28-27(23)35-34(51-15-52-35)17(2)33(28)53-18(3)43;1-5-10-8-6(9(13)11-5)3-2-4-7(8)12/h9,11-12,22-23,29-30,36-37,40,44-46H,7-8,10,13-15H2,1-6H3;2-4,12H,1H3,(H,10,11,13)/t22-,23-,29+,30+,36-,37-,39+;/m0./s1. The summed E-state index contributed by atoms with van der Waals surface area (Å²) in [5, 5.41) is 48.0. The number of likely N-dealkylation sites (N-methyl/N-ethyl adjacent to an activating group) is 1. The Balaban J connectivity index is 0.000000347. The van der Waals surface area contributed by atoms with Crippen LogP contribution >= 0.6 is 11.8 Å². The van der Waals surface area contributed by atoms with Gasteiger partial charge in [-0.3, -0.25) is 24.7 Å². The van der Waals surface area contributed by atoms with E-state index < -0.39 is 47.1 Å². The minimum atomic E-state index is -1.36. The van der Waals surface area contributed by atoms with Crippen LogP contribution in [-0.4, -0.2) is 117 Å².